The molecule has 0 unspecified atom stereocenters. The van der Waals surface area contributed by atoms with Crippen molar-refractivity contribution in [2.75, 3.05) is 12.3 Å². The number of rotatable bonds is 5. The Morgan fingerprint density at radius 2 is 2.30 bits per heavy atom. The van der Waals surface area contributed by atoms with E-state index in [1.54, 1.807) is 18.7 Å². The molecule has 2 N–H and O–H groups in total. The summed E-state index contributed by atoms with van der Waals surface area (Å²) >= 11 is 2.98. The molecule has 0 aliphatic carbocycles. The number of carbonyl (C=O) groups excluding carboxylic acids is 1. The molecule has 20 heavy (non-hydrogen) atoms. The topological polar surface area (TPSA) is 65.2 Å². The number of nitrogens with zero attached hydrogens (tertiary/aromatic N) is 1. The van der Waals surface area contributed by atoms with Gasteiger partial charge in [0.2, 0.25) is 5.01 Å². The summed E-state index contributed by atoms with van der Waals surface area (Å²) in [6.07, 6.45) is 0. The number of benzene rings is 1. The molecule has 0 saturated heterocycles. The van der Waals surface area contributed by atoms with Gasteiger partial charge in [-0.15, -0.1) is 23.1 Å². The van der Waals surface area contributed by atoms with Crippen molar-refractivity contribution in [3.63, 3.8) is 0 Å². The van der Waals surface area contributed by atoms with Crippen LogP contribution in [0.3, 0.4) is 0 Å². The maximum Gasteiger partial charge on any atom is 0.367 e. The molecule has 0 aliphatic rings. The number of carbonyl (C=O) groups is 1. The van der Waals surface area contributed by atoms with E-state index in [0.29, 0.717) is 17.4 Å². The third-order valence-corrected chi connectivity index (χ3v) is 4.77. The molecule has 0 aliphatic heterocycles. The molecule has 0 spiro atoms. The van der Waals surface area contributed by atoms with Gasteiger partial charge < -0.3 is 10.5 Å². The predicted octanol–water partition coefficient (Wildman–Crippen LogP) is 3.50. The van der Waals surface area contributed by atoms with Gasteiger partial charge >= 0.3 is 5.97 Å². The molecule has 2 rings (SSSR count). The van der Waals surface area contributed by atoms with Crippen molar-refractivity contribution in [3.8, 4) is 0 Å². The Morgan fingerprint density at radius 3 is 3.05 bits per heavy atom. The molecule has 0 amide bonds. The van der Waals surface area contributed by atoms with Crippen molar-refractivity contribution in [1.82, 2.24) is 4.98 Å². The van der Waals surface area contributed by atoms with Crippen LogP contribution in [-0.4, -0.2) is 17.6 Å². The summed E-state index contributed by atoms with van der Waals surface area (Å²) in [4.78, 5) is 17.0. The maximum atomic E-state index is 11.5. The number of hydrogen-bond acceptors (Lipinski definition) is 6. The van der Waals surface area contributed by atoms with Crippen molar-refractivity contribution in [1.29, 1.82) is 0 Å². The molecule has 0 bridgehead atoms. The van der Waals surface area contributed by atoms with Crippen LogP contribution in [-0.2, 0) is 10.5 Å². The second kappa shape index (κ2) is 6.76. The van der Waals surface area contributed by atoms with Gasteiger partial charge in [0, 0.05) is 21.7 Å². The fourth-order valence-electron chi connectivity index (χ4n) is 1.60. The zero-order valence-electron chi connectivity index (χ0n) is 11.4. The number of hydrogen-bond donors (Lipinski definition) is 1. The minimum absolute atomic E-state index is 0.353. The number of nitrogen functional groups attached to an aromatic ring is 1. The highest BCUT2D eigenvalue weighted by Crippen LogP contribution is 2.29. The van der Waals surface area contributed by atoms with Gasteiger partial charge in [-0.3, -0.25) is 0 Å². The smallest absolute Gasteiger partial charge is 0.367 e. The average Bonchev–Trinajstić information content (AvgIpc) is 2.90. The van der Waals surface area contributed by atoms with E-state index in [0.717, 1.165) is 21.8 Å². The van der Waals surface area contributed by atoms with Crippen molar-refractivity contribution >= 4 is 34.8 Å². The van der Waals surface area contributed by atoms with Crippen LogP contribution in [0.25, 0.3) is 0 Å². The third kappa shape index (κ3) is 3.52. The Bertz CT molecular complexity index is 611. The van der Waals surface area contributed by atoms with E-state index >= 15 is 0 Å². The van der Waals surface area contributed by atoms with Crippen LogP contribution in [0.1, 0.15) is 28.0 Å². The molecule has 4 nitrogen and oxygen atoms in total. The SMILES string of the molecule is CCOC(=O)c1nc(CSc2cccc(N)c2C)cs1. The molecule has 106 valence electrons. The van der Waals surface area contributed by atoms with Crippen LogP contribution in [0.2, 0.25) is 0 Å². The Kier molecular flexibility index (Phi) is 5.03. The molecular weight excluding hydrogens is 292 g/mol. The van der Waals surface area contributed by atoms with Crippen LogP contribution in [0.15, 0.2) is 28.5 Å². The van der Waals surface area contributed by atoms with E-state index in [9.17, 15) is 4.79 Å². The molecule has 2 aromatic rings. The van der Waals surface area contributed by atoms with Crippen molar-refractivity contribution in [2.24, 2.45) is 0 Å². The lowest BCUT2D eigenvalue weighted by Gasteiger charge is -2.06. The van der Waals surface area contributed by atoms with Crippen LogP contribution < -0.4 is 5.73 Å². The minimum atomic E-state index is -0.353. The number of nitrogens with two attached hydrogens (primary N) is 1. The van der Waals surface area contributed by atoms with Gasteiger partial charge in [-0.2, -0.15) is 0 Å². The van der Waals surface area contributed by atoms with Crippen molar-refractivity contribution in [2.45, 2.75) is 24.5 Å². The molecule has 0 saturated carbocycles. The lowest BCUT2D eigenvalue weighted by atomic mass is 10.2. The first kappa shape index (κ1) is 14.9. The van der Waals surface area contributed by atoms with Crippen LogP contribution >= 0.6 is 23.1 Å². The molecule has 1 heterocycles. The van der Waals surface area contributed by atoms with Gasteiger partial charge in [0.25, 0.3) is 0 Å². The lowest BCUT2D eigenvalue weighted by Crippen LogP contribution is -2.03. The third-order valence-electron chi connectivity index (χ3n) is 2.70. The van der Waals surface area contributed by atoms with Gasteiger partial charge in [-0.1, -0.05) is 6.07 Å². The molecule has 1 aromatic heterocycles. The van der Waals surface area contributed by atoms with Crippen molar-refractivity contribution < 1.29 is 9.53 Å². The second-order valence-corrected chi connectivity index (χ2v) is 6.00. The molecule has 0 fully saturated rings. The standard InChI is InChI=1S/C14H16N2O2S2/c1-3-18-14(17)13-16-10(8-20-13)7-19-12-6-4-5-11(15)9(12)2/h4-6,8H,3,7,15H2,1-2H3. The minimum Gasteiger partial charge on any atom is -0.461 e. The average molecular weight is 308 g/mol. The van der Waals surface area contributed by atoms with E-state index in [1.165, 1.54) is 11.3 Å². The lowest BCUT2D eigenvalue weighted by molar-refractivity contribution is 0.0525. The molecule has 1 aromatic carbocycles. The number of thioether (sulfide) groups is 1. The Morgan fingerprint density at radius 1 is 1.50 bits per heavy atom. The first-order chi connectivity index (χ1) is 9.61. The second-order valence-electron chi connectivity index (χ2n) is 4.12. The fraction of sp³-hybridized carbons (Fsp3) is 0.286. The van der Waals surface area contributed by atoms with Gasteiger partial charge in [0.15, 0.2) is 0 Å². The fourth-order valence-corrected chi connectivity index (χ4v) is 3.37. The van der Waals surface area contributed by atoms with Gasteiger partial charge in [0.05, 0.1) is 12.3 Å². The first-order valence-electron chi connectivity index (χ1n) is 6.21. The highest BCUT2D eigenvalue weighted by Gasteiger charge is 2.12. The Balaban J connectivity index is 2.01. The zero-order chi connectivity index (χ0) is 14.5. The normalized spacial score (nSPS) is 10.5. The molecule has 0 atom stereocenters. The molecule has 0 radical (unpaired) electrons. The largest absolute Gasteiger partial charge is 0.461 e. The van der Waals surface area contributed by atoms with E-state index in [-0.39, 0.29) is 5.97 Å². The summed E-state index contributed by atoms with van der Waals surface area (Å²) in [5.74, 6) is 0.356. The van der Waals surface area contributed by atoms with Crippen LogP contribution in [0.5, 0.6) is 0 Å². The summed E-state index contributed by atoms with van der Waals surface area (Å²) in [6, 6.07) is 5.87. The summed E-state index contributed by atoms with van der Waals surface area (Å²) in [5.41, 5.74) is 8.63. The molecule has 6 heteroatoms. The zero-order valence-corrected chi connectivity index (χ0v) is 13.0. The summed E-state index contributed by atoms with van der Waals surface area (Å²) in [5, 5.41) is 2.30. The van der Waals surface area contributed by atoms with Gasteiger partial charge in [-0.05, 0) is 31.5 Å². The number of thiazole rings is 1. The van der Waals surface area contributed by atoms with Crippen molar-refractivity contribution in [3.05, 3.63) is 39.8 Å². The van der Waals surface area contributed by atoms with Crippen LogP contribution in [0, 0.1) is 6.92 Å². The number of esters is 1. The van der Waals surface area contributed by atoms with Crippen LogP contribution in [0.4, 0.5) is 5.69 Å². The highest BCUT2D eigenvalue weighted by molar-refractivity contribution is 7.98. The Labute approximate surface area is 126 Å². The number of anilines is 1. The summed E-state index contributed by atoms with van der Waals surface area (Å²) < 4.78 is 4.92. The predicted molar refractivity (Wildman–Crippen MR) is 83.2 cm³/mol. The number of aromatic nitrogens is 1. The van der Waals surface area contributed by atoms with E-state index in [2.05, 4.69) is 4.98 Å². The quantitative estimate of drug-likeness (QED) is 0.520. The van der Waals surface area contributed by atoms with E-state index < -0.39 is 0 Å². The van der Waals surface area contributed by atoms with Gasteiger partial charge in [0.1, 0.15) is 0 Å². The van der Waals surface area contributed by atoms with E-state index in [1.807, 2.05) is 30.5 Å². The van der Waals surface area contributed by atoms with Gasteiger partial charge in [-0.25, -0.2) is 9.78 Å². The number of ether oxygens (including phenoxy) is 1. The summed E-state index contributed by atoms with van der Waals surface area (Å²) in [7, 11) is 0. The summed E-state index contributed by atoms with van der Waals surface area (Å²) in [6.45, 7) is 4.15. The maximum absolute atomic E-state index is 11.5. The Hall–Kier alpha value is -1.53. The highest BCUT2D eigenvalue weighted by atomic mass is 32.2. The molecular formula is C14H16N2O2S2. The monoisotopic (exact) mass is 308 g/mol. The first-order valence-corrected chi connectivity index (χ1v) is 8.07. The van der Waals surface area contributed by atoms with E-state index in [4.69, 9.17) is 10.5 Å².